The lowest BCUT2D eigenvalue weighted by molar-refractivity contribution is 0.0694. The van der Waals surface area contributed by atoms with Gasteiger partial charge in [0.2, 0.25) is 0 Å². The molecule has 0 bridgehead atoms. The van der Waals surface area contributed by atoms with Crippen molar-refractivity contribution in [3.05, 3.63) is 36.0 Å². The largest absolute Gasteiger partial charge is 0.478 e. The molecule has 88 valence electrons. The van der Waals surface area contributed by atoms with Gasteiger partial charge in [0.25, 0.3) is 5.22 Å². The highest BCUT2D eigenvalue weighted by atomic mass is 32.2. The lowest BCUT2D eigenvalue weighted by Gasteiger charge is -2.07. The number of oxazole rings is 1. The maximum absolute atomic E-state index is 13.2. The zero-order valence-corrected chi connectivity index (χ0v) is 9.20. The van der Waals surface area contributed by atoms with Crippen LogP contribution in [0.3, 0.4) is 0 Å². The minimum absolute atomic E-state index is 0.263. The Balaban J connectivity index is 2.47. The Hall–Kier alpha value is -2.02. The number of carbonyl (C=O) groups is 1. The zero-order chi connectivity index (χ0) is 12.4. The van der Waals surface area contributed by atoms with E-state index in [4.69, 9.17) is 15.3 Å². The van der Waals surface area contributed by atoms with Crippen LogP contribution in [0.2, 0.25) is 0 Å². The minimum atomic E-state index is -1.30. The van der Waals surface area contributed by atoms with Gasteiger partial charge in [0.05, 0.1) is 17.4 Å². The molecule has 2 rings (SSSR count). The van der Waals surface area contributed by atoms with E-state index in [1.54, 1.807) is 0 Å². The molecule has 0 atom stereocenters. The van der Waals surface area contributed by atoms with Crippen LogP contribution in [0.5, 0.6) is 0 Å². The quantitative estimate of drug-likeness (QED) is 0.816. The molecular formula is C10H7FN2O3S. The van der Waals surface area contributed by atoms with Gasteiger partial charge in [-0.3, -0.25) is 0 Å². The van der Waals surface area contributed by atoms with E-state index in [0.29, 0.717) is 0 Å². The second-order valence-electron chi connectivity index (χ2n) is 3.04. The van der Waals surface area contributed by atoms with E-state index in [0.717, 1.165) is 17.8 Å². The number of nitrogen functional groups attached to an aromatic ring is 1. The van der Waals surface area contributed by atoms with Gasteiger partial charge < -0.3 is 15.3 Å². The summed E-state index contributed by atoms with van der Waals surface area (Å²) in [5, 5.41) is 9.25. The van der Waals surface area contributed by atoms with Crippen LogP contribution in [0.4, 0.5) is 10.1 Å². The number of carboxylic acids is 1. The molecule has 17 heavy (non-hydrogen) atoms. The molecule has 0 amide bonds. The van der Waals surface area contributed by atoms with Crippen molar-refractivity contribution in [2.75, 3.05) is 5.73 Å². The highest BCUT2D eigenvalue weighted by molar-refractivity contribution is 7.99. The van der Waals surface area contributed by atoms with Gasteiger partial charge in [-0.1, -0.05) is 0 Å². The fraction of sp³-hybridized carbons (Fsp3) is 0. The van der Waals surface area contributed by atoms with Crippen molar-refractivity contribution in [2.24, 2.45) is 0 Å². The zero-order valence-electron chi connectivity index (χ0n) is 8.38. The molecule has 2 aromatic rings. The van der Waals surface area contributed by atoms with Crippen molar-refractivity contribution in [3.8, 4) is 0 Å². The number of hydrogen-bond acceptors (Lipinski definition) is 5. The van der Waals surface area contributed by atoms with Gasteiger partial charge in [0.15, 0.2) is 0 Å². The first-order chi connectivity index (χ1) is 8.09. The van der Waals surface area contributed by atoms with Gasteiger partial charge in [-0.05, 0) is 23.9 Å². The van der Waals surface area contributed by atoms with Crippen molar-refractivity contribution in [1.82, 2.24) is 4.98 Å². The van der Waals surface area contributed by atoms with Crippen molar-refractivity contribution in [2.45, 2.75) is 10.1 Å². The summed E-state index contributed by atoms with van der Waals surface area (Å²) < 4.78 is 18.1. The highest BCUT2D eigenvalue weighted by Crippen LogP contribution is 2.33. The molecule has 0 spiro atoms. The third kappa shape index (κ3) is 2.23. The maximum Gasteiger partial charge on any atom is 0.339 e. The van der Waals surface area contributed by atoms with Crippen LogP contribution >= 0.6 is 11.8 Å². The topological polar surface area (TPSA) is 89.4 Å². The molecule has 0 radical (unpaired) electrons. The van der Waals surface area contributed by atoms with Crippen LogP contribution < -0.4 is 5.73 Å². The maximum atomic E-state index is 13.2. The molecule has 3 N–H and O–H groups in total. The van der Waals surface area contributed by atoms with Crippen LogP contribution in [0.1, 0.15) is 10.4 Å². The normalized spacial score (nSPS) is 10.4. The monoisotopic (exact) mass is 254 g/mol. The summed E-state index contributed by atoms with van der Waals surface area (Å²) in [5.41, 5.74) is 4.71. The molecule has 7 heteroatoms. The molecule has 0 saturated heterocycles. The summed E-state index contributed by atoms with van der Waals surface area (Å²) in [6.07, 6.45) is 2.78. The number of aromatic nitrogens is 1. The number of rotatable bonds is 3. The molecule has 0 unspecified atom stereocenters. The summed E-state index contributed by atoms with van der Waals surface area (Å²) in [7, 11) is 0. The smallest absolute Gasteiger partial charge is 0.339 e. The third-order valence-corrected chi connectivity index (χ3v) is 2.91. The predicted octanol–water partition coefficient (Wildman–Crippen LogP) is 2.25. The number of benzene rings is 1. The van der Waals surface area contributed by atoms with E-state index in [1.807, 2.05) is 0 Å². The summed E-state index contributed by atoms with van der Waals surface area (Å²) in [6.45, 7) is 0. The minimum Gasteiger partial charge on any atom is -0.478 e. The molecule has 5 nitrogen and oxygen atoms in total. The average molecular weight is 254 g/mol. The van der Waals surface area contributed by atoms with Gasteiger partial charge in [-0.2, -0.15) is 0 Å². The Bertz CT molecular complexity index is 557. The Kier molecular flexibility index (Phi) is 3.01. The second-order valence-corrected chi connectivity index (χ2v) is 4.03. The number of anilines is 1. The van der Waals surface area contributed by atoms with E-state index in [1.165, 1.54) is 18.5 Å². The number of hydrogen-bond donors (Lipinski definition) is 2. The third-order valence-electron chi connectivity index (χ3n) is 1.97. The van der Waals surface area contributed by atoms with Gasteiger partial charge >= 0.3 is 5.97 Å². The van der Waals surface area contributed by atoms with E-state index in [-0.39, 0.29) is 15.7 Å². The Morgan fingerprint density at radius 1 is 1.53 bits per heavy atom. The van der Waals surface area contributed by atoms with Crippen LogP contribution in [-0.4, -0.2) is 16.1 Å². The molecule has 0 saturated carbocycles. The number of nitrogens with zero attached hydrogens (tertiary/aromatic N) is 1. The Morgan fingerprint density at radius 3 is 2.88 bits per heavy atom. The van der Waals surface area contributed by atoms with Crippen molar-refractivity contribution in [3.63, 3.8) is 0 Å². The SMILES string of the molecule is Nc1c(F)ccc(Sc2ncco2)c1C(=O)O. The van der Waals surface area contributed by atoms with Gasteiger partial charge in [-0.25, -0.2) is 14.2 Å². The Labute approximate surface area is 99.5 Å². The molecule has 0 aliphatic carbocycles. The van der Waals surface area contributed by atoms with E-state index in [9.17, 15) is 9.18 Å². The fourth-order valence-corrected chi connectivity index (χ4v) is 2.08. The van der Waals surface area contributed by atoms with Gasteiger partial charge in [0.1, 0.15) is 12.1 Å². The van der Waals surface area contributed by atoms with Crippen LogP contribution in [0.25, 0.3) is 0 Å². The van der Waals surface area contributed by atoms with Crippen LogP contribution in [0.15, 0.2) is 39.1 Å². The molecule has 0 aliphatic rings. The molecule has 0 aliphatic heterocycles. The standard InChI is InChI=1S/C10H7FN2O3S/c11-5-1-2-6(7(8(5)12)9(14)15)17-10-13-3-4-16-10/h1-4H,12H2,(H,14,15). The molecule has 1 aromatic heterocycles. The summed E-state index contributed by atoms with van der Waals surface area (Å²) >= 11 is 0.967. The summed E-state index contributed by atoms with van der Waals surface area (Å²) in [4.78, 5) is 15.1. The van der Waals surface area contributed by atoms with E-state index >= 15 is 0 Å². The number of halogens is 1. The van der Waals surface area contributed by atoms with Gasteiger partial charge in [-0.15, -0.1) is 0 Å². The molecular weight excluding hydrogens is 247 g/mol. The average Bonchev–Trinajstić information content (AvgIpc) is 2.76. The summed E-state index contributed by atoms with van der Waals surface area (Å²) in [5.74, 6) is -2.06. The first-order valence-electron chi connectivity index (χ1n) is 4.48. The van der Waals surface area contributed by atoms with Crippen molar-refractivity contribution in [1.29, 1.82) is 0 Å². The first kappa shape index (κ1) is 11.5. The van der Waals surface area contributed by atoms with Crippen molar-refractivity contribution >= 4 is 23.4 Å². The van der Waals surface area contributed by atoms with Crippen LogP contribution in [0, 0.1) is 5.82 Å². The Morgan fingerprint density at radius 2 is 2.29 bits per heavy atom. The van der Waals surface area contributed by atoms with Gasteiger partial charge in [0, 0.05) is 4.90 Å². The first-order valence-corrected chi connectivity index (χ1v) is 5.30. The van der Waals surface area contributed by atoms with E-state index < -0.39 is 17.5 Å². The number of carboxylic acid groups (broad SMARTS) is 1. The fourth-order valence-electron chi connectivity index (χ4n) is 1.23. The molecule has 1 aromatic carbocycles. The van der Waals surface area contributed by atoms with Crippen LogP contribution in [-0.2, 0) is 0 Å². The second kappa shape index (κ2) is 4.46. The predicted molar refractivity (Wildman–Crippen MR) is 58.4 cm³/mol. The lowest BCUT2D eigenvalue weighted by atomic mass is 10.2. The highest BCUT2D eigenvalue weighted by Gasteiger charge is 2.19. The number of aromatic carboxylic acids is 1. The summed E-state index contributed by atoms with van der Waals surface area (Å²) in [6, 6.07) is 2.43. The molecule has 1 heterocycles. The number of nitrogens with two attached hydrogens (primary N) is 1. The molecule has 0 fully saturated rings. The lowest BCUT2D eigenvalue weighted by Crippen LogP contribution is -2.06. The van der Waals surface area contributed by atoms with E-state index in [2.05, 4.69) is 4.98 Å². The van der Waals surface area contributed by atoms with Crippen molar-refractivity contribution < 1.29 is 18.7 Å².